The quantitative estimate of drug-likeness (QED) is 0.190. The topological polar surface area (TPSA) is 30.7 Å². The Hall–Kier alpha value is -6.36. The molecule has 0 aliphatic rings. The predicted molar refractivity (Wildman–Crippen MR) is 213 cm³/mol. The van der Waals surface area contributed by atoms with Gasteiger partial charge in [-0.25, -0.2) is 9.97 Å². The third kappa shape index (κ3) is 3.91. The summed E-state index contributed by atoms with van der Waals surface area (Å²) < 4.78 is 4.93. The van der Waals surface area contributed by atoms with Crippen LogP contribution in [0.5, 0.6) is 0 Å². The van der Waals surface area contributed by atoms with E-state index in [1.165, 1.54) is 63.6 Å². The maximum Gasteiger partial charge on any atom is 0.235 e. The van der Waals surface area contributed by atoms with Crippen molar-refractivity contribution >= 4 is 85.8 Å². The number of aromatic nitrogens is 3. The van der Waals surface area contributed by atoms with Gasteiger partial charge in [-0.05, 0) is 28.3 Å². The van der Waals surface area contributed by atoms with Crippen LogP contribution in [0.4, 0.5) is 0 Å². The van der Waals surface area contributed by atoms with E-state index in [0.29, 0.717) is 5.95 Å². The van der Waals surface area contributed by atoms with Crippen molar-refractivity contribution in [3.8, 4) is 28.3 Å². The maximum atomic E-state index is 5.44. The second-order valence-corrected chi connectivity index (χ2v) is 14.0. The van der Waals surface area contributed by atoms with Crippen molar-refractivity contribution in [2.45, 2.75) is 0 Å². The number of para-hydroxylation sites is 2. The fourth-order valence-corrected chi connectivity index (χ4v) is 9.25. The number of fused-ring (bicyclic) bond motifs is 11. The van der Waals surface area contributed by atoms with Gasteiger partial charge in [0.1, 0.15) is 0 Å². The summed E-state index contributed by atoms with van der Waals surface area (Å²) in [5.74, 6) is 0.667. The smallest absolute Gasteiger partial charge is 0.235 e. The lowest BCUT2D eigenvalue weighted by Gasteiger charge is -2.14. The van der Waals surface area contributed by atoms with Gasteiger partial charge in [-0.1, -0.05) is 152 Å². The maximum absolute atomic E-state index is 5.44. The Labute approximate surface area is 291 Å². The van der Waals surface area contributed by atoms with Crippen LogP contribution < -0.4 is 0 Å². The first-order valence-electron chi connectivity index (χ1n) is 16.9. The van der Waals surface area contributed by atoms with Crippen molar-refractivity contribution in [3.05, 3.63) is 164 Å². The zero-order chi connectivity index (χ0) is 32.8. The highest BCUT2D eigenvalue weighted by Crippen LogP contribution is 2.46. The highest BCUT2D eigenvalue weighted by molar-refractivity contribution is 7.26. The summed E-state index contributed by atoms with van der Waals surface area (Å²) >= 11 is 1.88. The Balaban J connectivity index is 1.31. The molecule has 0 bridgehead atoms. The Kier molecular flexibility index (Phi) is 5.83. The summed E-state index contributed by atoms with van der Waals surface area (Å²) in [6.07, 6.45) is 0. The minimum Gasteiger partial charge on any atom is -0.277 e. The number of benzene rings is 8. The Morgan fingerprint density at radius 2 is 1.06 bits per heavy atom. The third-order valence-corrected chi connectivity index (χ3v) is 11.4. The standard InChI is InChI=1S/C46H27N3S/c1-2-14-30(15-3-1)42-37-18-8-9-23-39(37)47-46(48-42)49-43-32-17-7-5-13-29(32)24-26-35(43)33-19-10-20-34(44(33)49)36-21-11-22-38-41-31-16-6-4-12-28(31)25-27-40(41)50-45(36)38/h1-27H. The molecular formula is C46H27N3S. The van der Waals surface area contributed by atoms with Crippen LogP contribution in [0.25, 0.3) is 103 Å². The van der Waals surface area contributed by atoms with Crippen molar-refractivity contribution in [1.82, 2.24) is 14.5 Å². The summed E-state index contributed by atoms with van der Waals surface area (Å²) in [6.45, 7) is 0. The first kappa shape index (κ1) is 27.6. The summed E-state index contributed by atoms with van der Waals surface area (Å²) in [6, 6.07) is 58.8. The molecule has 3 nitrogen and oxygen atoms in total. The fraction of sp³-hybridized carbons (Fsp3) is 0. The molecule has 4 heteroatoms. The second kappa shape index (κ2) is 10.6. The van der Waals surface area contributed by atoms with E-state index < -0.39 is 0 Å². The molecule has 11 rings (SSSR count). The molecule has 0 spiro atoms. The van der Waals surface area contributed by atoms with Gasteiger partial charge in [0.2, 0.25) is 5.95 Å². The molecule has 3 heterocycles. The van der Waals surface area contributed by atoms with E-state index >= 15 is 0 Å². The number of nitrogens with zero attached hydrogens (tertiary/aromatic N) is 3. The Morgan fingerprint density at radius 1 is 0.420 bits per heavy atom. The lowest BCUT2D eigenvalue weighted by molar-refractivity contribution is 1.02. The molecule has 50 heavy (non-hydrogen) atoms. The van der Waals surface area contributed by atoms with Crippen LogP contribution in [0.15, 0.2) is 164 Å². The van der Waals surface area contributed by atoms with E-state index in [4.69, 9.17) is 9.97 Å². The normalized spacial score (nSPS) is 12.0. The zero-order valence-electron chi connectivity index (χ0n) is 26.8. The first-order valence-corrected chi connectivity index (χ1v) is 17.7. The zero-order valence-corrected chi connectivity index (χ0v) is 27.7. The Morgan fingerprint density at radius 3 is 1.92 bits per heavy atom. The molecule has 232 valence electrons. The van der Waals surface area contributed by atoms with Crippen molar-refractivity contribution in [2.75, 3.05) is 0 Å². The largest absolute Gasteiger partial charge is 0.277 e. The van der Waals surface area contributed by atoms with Gasteiger partial charge in [-0.3, -0.25) is 4.57 Å². The summed E-state index contributed by atoms with van der Waals surface area (Å²) in [7, 11) is 0. The molecular weight excluding hydrogens is 627 g/mol. The van der Waals surface area contributed by atoms with Gasteiger partial charge in [-0.2, -0.15) is 0 Å². The summed E-state index contributed by atoms with van der Waals surface area (Å²) in [5.41, 5.74) is 7.54. The number of thiophene rings is 1. The van der Waals surface area contributed by atoms with E-state index in [0.717, 1.165) is 33.2 Å². The minimum atomic E-state index is 0.667. The minimum absolute atomic E-state index is 0.667. The molecule has 0 amide bonds. The predicted octanol–water partition coefficient (Wildman–Crippen LogP) is 12.7. The lowest BCUT2D eigenvalue weighted by Crippen LogP contribution is -2.04. The molecule has 11 aromatic rings. The van der Waals surface area contributed by atoms with Crippen LogP contribution in [-0.4, -0.2) is 14.5 Å². The average Bonchev–Trinajstić information content (AvgIpc) is 3.75. The van der Waals surface area contributed by atoms with Crippen molar-refractivity contribution in [1.29, 1.82) is 0 Å². The van der Waals surface area contributed by atoms with Crippen LogP contribution in [0, 0.1) is 0 Å². The van der Waals surface area contributed by atoms with Gasteiger partial charge in [0.05, 0.1) is 22.2 Å². The summed E-state index contributed by atoms with van der Waals surface area (Å²) in [4.78, 5) is 10.8. The van der Waals surface area contributed by atoms with E-state index in [1.54, 1.807) is 0 Å². The monoisotopic (exact) mass is 653 g/mol. The van der Waals surface area contributed by atoms with Gasteiger partial charge in [-0.15, -0.1) is 11.3 Å². The molecule has 0 unspecified atom stereocenters. The molecule has 0 atom stereocenters. The van der Waals surface area contributed by atoms with Crippen LogP contribution >= 0.6 is 11.3 Å². The molecule has 8 aromatic carbocycles. The molecule has 0 fully saturated rings. The SMILES string of the molecule is c1ccc(-c2nc(-n3c4c(-c5cccc6c5sc5ccc7ccccc7c56)cccc4c4ccc5ccccc5c43)nc3ccccc23)cc1. The van der Waals surface area contributed by atoms with Gasteiger partial charge in [0.25, 0.3) is 0 Å². The van der Waals surface area contributed by atoms with Gasteiger partial charge < -0.3 is 0 Å². The Bertz CT molecular complexity index is 3150. The first-order chi connectivity index (χ1) is 24.8. The second-order valence-electron chi connectivity index (χ2n) is 12.9. The van der Waals surface area contributed by atoms with E-state index in [2.05, 4.69) is 168 Å². The molecule has 3 aromatic heterocycles. The number of hydrogen-bond donors (Lipinski definition) is 0. The molecule has 0 N–H and O–H groups in total. The van der Waals surface area contributed by atoms with Crippen molar-refractivity contribution in [3.63, 3.8) is 0 Å². The molecule has 0 aliphatic carbocycles. The van der Waals surface area contributed by atoms with Gasteiger partial charge in [0, 0.05) is 58.4 Å². The van der Waals surface area contributed by atoms with Crippen LogP contribution in [-0.2, 0) is 0 Å². The highest BCUT2D eigenvalue weighted by atomic mass is 32.1. The van der Waals surface area contributed by atoms with Crippen LogP contribution in [0.1, 0.15) is 0 Å². The molecule has 0 saturated carbocycles. The number of rotatable bonds is 3. The molecule has 0 radical (unpaired) electrons. The van der Waals surface area contributed by atoms with Gasteiger partial charge in [0.15, 0.2) is 0 Å². The lowest BCUT2D eigenvalue weighted by atomic mass is 9.98. The summed E-state index contributed by atoms with van der Waals surface area (Å²) in [5, 5.41) is 11.0. The molecule has 0 aliphatic heterocycles. The van der Waals surface area contributed by atoms with Crippen molar-refractivity contribution < 1.29 is 0 Å². The van der Waals surface area contributed by atoms with E-state index in [9.17, 15) is 0 Å². The van der Waals surface area contributed by atoms with Crippen molar-refractivity contribution in [2.24, 2.45) is 0 Å². The number of hydrogen-bond acceptors (Lipinski definition) is 3. The fourth-order valence-electron chi connectivity index (χ4n) is 8.00. The van der Waals surface area contributed by atoms with E-state index in [1.807, 2.05) is 11.3 Å². The van der Waals surface area contributed by atoms with Crippen LogP contribution in [0.2, 0.25) is 0 Å². The third-order valence-electron chi connectivity index (χ3n) is 10.2. The van der Waals surface area contributed by atoms with E-state index in [-0.39, 0.29) is 0 Å². The van der Waals surface area contributed by atoms with Crippen LogP contribution in [0.3, 0.4) is 0 Å². The molecule has 0 saturated heterocycles. The highest BCUT2D eigenvalue weighted by Gasteiger charge is 2.23. The average molecular weight is 654 g/mol. The van der Waals surface area contributed by atoms with Gasteiger partial charge >= 0.3 is 0 Å².